The van der Waals surface area contributed by atoms with Gasteiger partial charge in [0.15, 0.2) is 11.6 Å². The van der Waals surface area contributed by atoms with Crippen molar-refractivity contribution < 1.29 is 13.9 Å². The number of hydrogen-bond acceptors (Lipinski definition) is 2. The van der Waals surface area contributed by atoms with Crippen molar-refractivity contribution in [3.63, 3.8) is 0 Å². The molecule has 1 aliphatic rings. The molecule has 0 radical (unpaired) electrons. The van der Waals surface area contributed by atoms with Crippen LogP contribution in [0.5, 0.6) is 0 Å². The molecule has 1 aromatic rings. The van der Waals surface area contributed by atoms with Gasteiger partial charge >= 0.3 is 0 Å². The average molecular weight is 264 g/mol. The summed E-state index contributed by atoms with van der Waals surface area (Å²) >= 11 is 0. The second-order valence-electron chi connectivity index (χ2n) is 4.39. The highest BCUT2D eigenvalue weighted by Gasteiger charge is 2.40. The monoisotopic (exact) mass is 263 g/mol. The Hall–Kier alpha value is -0.710. The van der Waals surface area contributed by atoms with E-state index in [1.54, 1.807) is 13.0 Å². The van der Waals surface area contributed by atoms with Crippen molar-refractivity contribution in [2.45, 2.75) is 24.9 Å². The number of benzene rings is 1. The van der Waals surface area contributed by atoms with Gasteiger partial charge in [-0.15, -0.1) is 12.4 Å². The van der Waals surface area contributed by atoms with Crippen LogP contribution in [-0.2, 0) is 5.41 Å². The zero-order chi connectivity index (χ0) is 11.8. The quantitative estimate of drug-likeness (QED) is 0.855. The van der Waals surface area contributed by atoms with E-state index >= 15 is 0 Å². The molecule has 2 N–H and O–H groups in total. The number of halogens is 3. The third-order valence-corrected chi connectivity index (χ3v) is 3.48. The van der Waals surface area contributed by atoms with E-state index in [1.165, 1.54) is 6.07 Å². The Morgan fingerprint density at radius 2 is 2.06 bits per heavy atom. The van der Waals surface area contributed by atoms with Gasteiger partial charge in [-0.1, -0.05) is 6.07 Å². The molecule has 1 heterocycles. The standard InChI is InChI=1S/C12H15F2NO.ClH/c1-8(16)12(4-5-15-7-12)9-2-3-10(13)11(14)6-9;/h2-3,6,8,15-16H,4-5,7H2,1H3;1H. The van der Waals surface area contributed by atoms with E-state index in [-0.39, 0.29) is 12.4 Å². The van der Waals surface area contributed by atoms with Crippen LogP contribution in [0.15, 0.2) is 18.2 Å². The molecule has 0 saturated carbocycles. The van der Waals surface area contributed by atoms with Gasteiger partial charge in [-0.05, 0) is 37.6 Å². The van der Waals surface area contributed by atoms with E-state index in [0.29, 0.717) is 12.1 Å². The smallest absolute Gasteiger partial charge is 0.159 e. The molecule has 1 saturated heterocycles. The van der Waals surface area contributed by atoms with Crippen LogP contribution in [0.3, 0.4) is 0 Å². The third-order valence-electron chi connectivity index (χ3n) is 3.48. The van der Waals surface area contributed by atoms with Crippen LogP contribution >= 0.6 is 12.4 Å². The SMILES string of the molecule is CC(O)C1(c2ccc(F)c(F)c2)CCNC1.Cl. The highest BCUT2D eigenvalue weighted by molar-refractivity contribution is 5.85. The number of aliphatic hydroxyl groups is 1. The van der Waals surface area contributed by atoms with Crippen molar-refractivity contribution in [3.05, 3.63) is 35.4 Å². The number of nitrogens with one attached hydrogen (secondary N) is 1. The molecule has 2 atom stereocenters. The van der Waals surface area contributed by atoms with Gasteiger partial charge in [-0.3, -0.25) is 0 Å². The Morgan fingerprint density at radius 3 is 2.53 bits per heavy atom. The molecule has 0 aliphatic carbocycles. The minimum Gasteiger partial charge on any atom is -0.392 e. The molecule has 1 aliphatic heterocycles. The summed E-state index contributed by atoms with van der Waals surface area (Å²) in [5.74, 6) is -1.71. The molecule has 2 nitrogen and oxygen atoms in total. The van der Waals surface area contributed by atoms with Crippen molar-refractivity contribution in [1.29, 1.82) is 0 Å². The van der Waals surface area contributed by atoms with Gasteiger partial charge in [-0.2, -0.15) is 0 Å². The summed E-state index contributed by atoms with van der Waals surface area (Å²) in [5.41, 5.74) is 0.167. The summed E-state index contributed by atoms with van der Waals surface area (Å²) in [4.78, 5) is 0. The number of aliphatic hydroxyl groups excluding tert-OH is 1. The van der Waals surface area contributed by atoms with Gasteiger partial charge in [0.25, 0.3) is 0 Å². The fraction of sp³-hybridized carbons (Fsp3) is 0.500. The van der Waals surface area contributed by atoms with Crippen LogP contribution < -0.4 is 5.32 Å². The lowest BCUT2D eigenvalue weighted by atomic mass is 9.75. The van der Waals surface area contributed by atoms with Crippen LogP contribution in [0.25, 0.3) is 0 Å². The molecule has 5 heteroatoms. The third kappa shape index (κ3) is 2.44. The molecule has 0 amide bonds. The van der Waals surface area contributed by atoms with Crippen LogP contribution in [0.1, 0.15) is 18.9 Å². The minimum atomic E-state index is -0.857. The Morgan fingerprint density at radius 1 is 1.35 bits per heavy atom. The summed E-state index contributed by atoms with van der Waals surface area (Å²) in [5, 5.41) is 13.0. The molecule has 0 bridgehead atoms. The topological polar surface area (TPSA) is 32.3 Å². The van der Waals surface area contributed by atoms with Crippen molar-refractivity contribution in [1.82, 2.24) is 5.32 Å². The van der Waals surface area contributed by atoms with Crippen LogP contribution in [0, 0.1) is 11.6 Å². The second-order valence-corrected chi connectivity index (χ2v) is 4.39. The van der Waals surface area contributed by atoms with Gasteiger partial charge in [0.2, 0.25) is 0 Å². The summed E-state index contributed by atoms with van der Waals surface area (Å²) in [6, 6.07) is 3.86. The normalized spacial score (nSPS) is 25.4. The largest absolute Gasteiger partial charge is 0.392 e. The fourth-order valence-corrected chi connectivity index (χ4v) is 2.36. The molecule has 96 valence electrons. The molecule has 1 fully saturated rings. The molecule has 2 rings (SSSR count). The molecule has 17 heavy (non-hydrogen) atoms. The van der Waals surface area contributed by atoms with E-state index in [2.05, 4.69) is 5.32 Å². The van der Waals surface area contributed by atoms with E-state index in [1.807, 2.05) is 0 Å². The lowest BCUT2D eigenvalue weighted by Gasteiger charge is -2.32. The number of hydrogen-bond donors (Lipinski definition) is 2. The lowest BCUT2D eigenvalue weighted by Crippen LogP contribution is -2.39. The van der Waals surface area contributed by atoms with E-state index in [0.717, 1.165) is 19.0 Å². The molecule has 0 aromatic heterocycles. The Balaban J connectivity index is 0.00000144. The van der Waals surface area contributed by atoms with Crippen LogP contribution in [0.4, 0.5) is 8.78 Å². The van der Waals surface area contributed by atoms with Crippen LogP contribution in [-0.4, -0.2) is 24.3 Å². The van der Waals surface area contributed by atoms with E-state index in [9.17, 15) is 13.9 Å². The number of rotatable bonds is 2. The van der Waals surface area contributed by atoms with Crippen molar-refractivity contribution in [2.75, 3.05) is 13.1 Å². The van der Waals surface area contributed by atoms with Gasteiger partial charge in [0, 0.05) is 12.0 Å². The summed E-state index contributed by atoms with van der Waals surface area (Å²) < 4.78 is 26.0. The molecular weight excluding hydrogens is 248 g/mol. The maximum absolute atomic E-state index is 13.2. The zero-order valence-corrected chi connectivity index (χ0v) is 10.4. The summed E-state index contributed by atoms with van der Waals surface area (Å²) in [6.07, 6.45) is 0.141. The zero-order valence-electron chi connectivity index (χ0n) is 9.54. The van der Waals surface area contributed by atoms with E-state index in [4.69, 9.17) is 0 Å². The van der Waals surface area contributed by atoms with Gasteiger partial charge in [0.05, 0.1) is 6.10 Å². The summed E-state index contributed by atoms with van der Waals surface area (Å²) in [7, 11) is 0. The van der Waals surface area contributed by atoms with Crippen molar-refractivity contribution in [2.24, 2.45) is 0 Å². The predicted molar refractivity (Wildman–Crippen MR) is 64.5 cm³/mol. The highest BCUT2D eigenvalue weighted by atomic mass is 35.5. The highest BCUT2D eigenvalue weighted by Crippen LogP contribution is 2.34. The lowest BCUT2D eigenvalue weighted by molar-refractivity contribution is 0.107. The Kier molecular flexibility index (Phi) is 4.47. The van der Waals surface area contributed by atoms with Gasteiger partial charge in [-0.25, -0.2) is 8.78 Å². The molecular formula is C12H16ClF2NO. The molecule has 1 aromatic carbocycles. The minimum absolute atomic E-state index is 0. The predicted octanol–water partition coefficient (Wildman–Crippen LogP) is 2.00. The van der Waals surface area contributed by atoms with Gasteiger partial charge < -0.3 is 10.4 Å². The fourth-order valence-electron chi connectivity index (χ4n) is 2.36. The van der Waals surface area contributed by atoms with Crippen LogP contribution in [0.2, 0.25) is 0 Å². The molecule has 2 unspecified atom stereocenters. The second kappa shape index (κ2) is 5.29. The van der Waals surface area contributed by atoms with E-state index < -0.39 is 23.2 Å². The first kappa shape index (κ1) is 14.4. The Labute approximate surface area is 105 Å². The molecule has 0 spiro atoms. The average Bonchev–Trinajstić information content (AvgIpc) is 2.72. The maximum atomic E-state index is 13.2. The van der Waals surface area contributed by atoms with Crippen molar-refractivity contribution >= 4 is 12.4 Å². The first-order chi connectivity index (χ1) is 7.56. The first-order valence-electron chi connectivity index (χ1n) is 5.40. The Bertz CT molecular complexity index is 392. The summed E-state index contributed by atoms with van der Waals surface area (Å²) in [6.45, 7) is 3.06. The van der Waals surface area contributed by atoms with Crippen molar-refractivity contribution in [3.8, 4) is 0 Å². The first-order valence-corrected chi connectivity index (χ1v) is 5.40. The van der Waals surface area contributed by atoms with Gasteiger partial charge in [0.1, 0.15) is 0 Å². The maximum Gasteiger partial charge on any atom is 0.159 e.